The molecule has 1 aromatic heterocycles. The molecule has 0 radical (unpaired) electrons. The van der Waals surface area contributed by atoms with Crippen LogP contribution in [-0.2, 0) is 0 Å². The maximum absolute atomic E-state index is 11.9. The Balaban J connectivity index is 2.96. The van der Waals surface area contributed by atoms with Gasteiger partial charge in [-0.2, -0.15) is 0 Å². The summed E-state index contributed by atoms with van der Waals surface area (Å²) in [7, 11) is 0. The largest absolute Gasteiger partial charge is 0.289 e. The highest BCUT2D eigenvalue weighted by Crippen LogP contribution is 2.15. The molecule has 0 fully saturated rings. The van der Waals surface area contributed by atoms with E-state index in [1.807, 2.05) is 49.4 Å². The van der Waals surface area contributed by atoms with Crippen molar-refractivity contribution >= 4 is 21.4 Å². The van der Waals surface area contributed by atoms with Gasteiger partial charge >= 0.3 is 0 Å². The third-order valence-corrected chi connectivity index (χ3v) is 3.26. The van der Waals surface area contributed by atoms with Gasteiger partial charge in [0.05, 0.1) is 0 Å². The van der Waals surface area contributed by atoms with E-state index in [1.165, 1.54) is 4.88 Å². The molecular weight excluding hydrogens is 216 g/mol. The van der Waals surface area contributed by atoms with E-state index < -0.39 is 0 Å². The molecule has 0 amide bonds. The van der Waals surface area contributed by atoms with Gasteiger partial charge in [-0.15, -0.1) is 11.3 Å². The number of hydrogen-bond donors (Lipinski definition) is 0. The summed E-state index contributed by atoms with van der Waals surface area (Å²) < 4.78 is 1.02. The van der Waals surface area contributed by atoms with Crippen LogP contribution in [0.15, 0.2) is 59.4 Å². The topological polar surface area (TPSA) is 17.1 Å². The van der Waals surface area contributed by atoms with Gasteiger partial charge in [-0.25, -0.2) is 0 Å². The fourth-order valence-corrected chi connectivity index (χ4v) is 2.37. The standard InChI is InChI=1S/C14H12OS/c1-11-7-3-2-4-9-13(15)12-8-5-6-10-14(12)16-11/h2-10H,1H3. The highest BCUT2D eigenvalue weighted by atomic mass is 32.1. The van der Waals surface area contributed by atoms with E-state index in [1.54, 1.807) is 23.5 Å². The lowest BCUT2D eigenvalue weighted by Crippen LogP contribution is -1.94. The van der Waals surface area contributed by atoms with Gasteiger partial charge in [0.25, 0.3) is 0 Å². The van der Waals surface area contributed by atoms with E-state index >= 15 is 0 Å². The van der Waals surface area contributed by atoms with Crippen molar-refractivity contribution in [2.75, 3.05) is 0 Å². The lowest BCUT2D eigenvalue weighted by Gasteiger charge is -1.91. The number of benzene rings is 1. The van der Waals surface area contributed by atoms with E-state index in [0.717, 1.165) is 10.1 Å². The Bertz CT molecular complexity index is 612. The number of hydrogen-bond acceptors (Lipinski definition) is 2. The second-order valence-electron chi connectivity index (χ2n) is 3.48. The van der Waals surface area contributed by atoms with Crippen LogP contribution in [0, 0.1) is 6.92 Å². The average molecular weight is 228 g/mol. The molecule has 2 heteroatoms. The molecule has 0 aliphatic rings. The van der Waals surface area contributed by atoms with Crippen molar-refractivity contribution in [1.29, 1.82) is 0 Å². The minimum atomic E-state index is 0.0578. The Morgan fingerprint density at radius 2 is 1.56 bits per heavy atom. The van der Waals surface area contributed by atoms with Crippen molar-refractivity contribution in [3.63, 3.8) is 0 Å². The Morgan fingerprint density at radius 3 is 2.44 bits per heavy atom. The highest BCUT2D eigenvalue weighted by Gasteiger charge is 1.92. The van der Waals surface area contributed by atoms with Crippen molar-refractivity contribution < 1.29 is 0 Å². The molecule has 0 N–H and O–H groups in total. The summed E-state index contributed by atoms with van der Waals surface area (Å²) in [5.41, 5.74) is 0.0578. The number of rotatable bonds is 0. The maximum Gasteiger partial charge on any atom is 0.187 e. The van der Waals surface area contributed by atoms with E-state index in [-0.39, 0.29) is 5.43 Å². The van der Waals surface area contributed by atoms with Gasteiger partial charge in [0.15, 0.2) is 5.43 Å². The van der Waals surface area contributed by atoms with Gasteiger partial charge in [-0.1, -0.05) is 30.3 Å². The summed E-state index contributed by atoms with van der Waals surface area (Å²) in [4.78, 5) is 13.0. The normalized spacial score (nSPS) is 9.81. The van der Waals surface area contributed by atoms with Crippen LogP contribution in [-0.4, -0.2) is 0 Å². The van der Waals surface area contributed by atoms with E-state index in [9.17, 15) is 4.79 Å². The zero-order valence-electron chi connectivity index (χ0n) is 9.01. The van der Waals surface area contributed by atoms with Crippen LogP contribution in [0.4, 0.5) is 0 Å². The molecule has 80 valence electrons. The lowest BCUT2D eigenvalue weighted by atomic mass is 10.2. The lowest BCUT2D eigenvalue weighted by molar-refractivity contribution is 1.61. The first-order chi connectivity index (χ1) is 7.77. The van der Waals surface area contributed by atoms with Gasteiger partial charge in [-0.3, -0.25) is 4.79 Å². The molecule has 0 spiro atoms. The quantitative estimate of drug-likeness (QED) is 0.672. The zero-order valence-corrected chi connectivity index (χ0v) is 9.83. The van der Waals surface area contributed by atoms with Crippen molar-refractivity contribution in [2.24, 2.45) is 0 Å². The first-order valence-corrected chi connectivity index (χ1v) is 5.92. The smallest absolute Gasteiger partial charge is 0.187 e. The minimum Gasteiger partial charge on any atom is -0.289 e. The van der Waals surface area contributed by atoms with E-state index in [0.29, 0.717) is 0 Å². The van der Waals surface area contributed by atoms with Gasteiger partial charge in [0.2, 0.25) is 0 Å². The zero-order chi connectivity index (χ0) is 11.4. The molecule has 0 bridgehead atoms. The summed E-state index contributed by atoms with van der Waals surface area (Å²) >= 11 is 1.63. The van der Waals surface area contributed by atoms with E-state index in [2.05, 4.69) is 0 Å². The van der Waals surface area contributed by atoms with Gasteiger partial charge in [-0.05, 0) is 31.2 Å². The molecule has 0 saturated carbocycles. The molecule has 0 unspecified atom stereocenters. The van der Waals surface area contributed by atoms with Gasteiger partial charge < -0.3 is 0 Å². The fraction of sp³-hybridized carbons (Fsp3) is 0.0714. The van der Waals surface area contributed by atoms with Crippen LogP contribution in [0.5, 0.6) is 0 Å². The first kappa shape index (κ1) is 10.8. The Kier molecular flexibility index (Phi) is 3.32. The monoisotopic (exact) mass is 228 g/mol. The van der Waals surface area contributed by atoms with E-state index in [4.69, 9.17) is 0 Å². The first-order valence-electron chi connectivity index (χ1n) is 5.10. The number of fused-ring (bicyclic) bond motifs is 1. The third-order valence-electron chi connectivity index (χ3n) is 2.22. The SMILES string of the molecule is Cc1cccccc(=O)c2ccccc2s1. The maximum atomic E-state index is 11.9. The summed E-state index contributed by atoms with van der Waals surface area (Å²) in [5, 5.41) is 0.770. The van der Waals surface area contributed by atoms with Crippen LogP contribution in [0.2, 0.25) is 0 Å². The minimum absolute atomic E-state index is 0.0578. The summed E-state index contributed by atoms with van der Waals surface area (Å²) in [6.07, 6.45) is 0. The summed E-state index contributed by atoms with van der Waals surface area (Å²) in [5.74, 6) is 0. The average Bonchev–Trinajstić information content (AvgIpc) is 2.28. The molecular formula is C14H12OS. The molecule has 2 aromatic rings. The predicted molar refractivity (Wildman–Crippen MR) is 70.5 cm³/mol. The van der Waals surface area contributed by atoms with Crippen molar-refractivity contribution in [2.45, 2.75) is 6.92 Å². The molecule has 0 aliphatic carbocycles. The molecule has 1 aromatic carbocycles. The fourth-order valence-electron chi connectivity index (χ4n) is 1.45. The molecule has 1 nitrogen and oxygen atoms in total. The van der Waals surface area contributed by atoms with Crippen molar-refractivity contribution in [3.05, 3.63) is 69.7 Å². The van der Waals surface area contributed by atoms with Crippen LogP contribution in [0.3, 0.4) is 0 Å². The molecule has 2 rings (SSSR count). The second kappa shape index (κ2) is 4.90. The third kappa shape index (κ3) is 2.47. The van der Waals surface area contributed by atoms with Crippen molar-refractivity contribution in [1.82, 2.24) is 0 Å². The number of aryl methyl sites for hydroxylation is 1. The Morgan fingerprint density at radius 1 is 0.875 bits per heavy atom. The summed E-state index contributed by atoms with van der Waals surface area (Å²) in [6.45, 7) is 2.04. The Labute approximate surface area is 98.3 Å². The predicted octanol–water partition coefficient (Wildman–Crippen LogP) is 3.69. The van der Waals surface area contributed by atoms with Crippen LogP contribution >= 0.6 is 11.3 Å². The Hall–Kier alpha value is -1.67. The highest BCUT2D eigenvalue weighted by molar-refractivity contribution is 7.18. The van der Waals surface area contributed by atoms with Gasteiger partial charge in [0, 0.05) is 15.0 Å². The molecule has 16 heavy (non-hydrogen) atoms. The van der Waals surface area contributed by atoms with Gasteiger partial charge in [0.1, 0.15) is 0 Å². The molecule has 0 atom stereocenters. The van der Waals surface area contributed by atoms with Crippen LogP contribution in [0.25, 0.3) is 10.1 Å². The molecule has 0 aliphatic heterocycles. The van der Waals surface area contributed by atoms with Crippen LogP contribution in [0.1, 0.15) is 4.88 Å². The molecule has 1 heterocycles. The van der Waals surface area contributed by atoms with Crippen LogP contribution < -0.4 is 5.43 Å². The summed E-state index contributed by atoms with van der Waals surface area (Å²) in [6, 6.07) is 16.9. The molecule has 0 saturated heterocycles. The van der Waals surface area contributed by atoms with Crippen molar-refractivity contribution in [3.8, 4) is 0 Å². The second-order valence-corrected chi connectivity index (χ2v) is 4.77.